The predicted octanol–water partition coefficient (Wildman–Crippen LogP) is 2.82. The second-order valence-electron chi connectivity index (χ2n) is 5.55. The van der Waals surface area contributed by atoms with Crippen molar-refractivity contribution >= 4 is 10.8 Å². The molecule has 0 amide bonds. The lowest BCUT2D eigenvalue weighted by Crippen LogP contribution is -2.44. The van der Waals surface area contributed by atoms with E-state index in [1.807, 2.05) is 6.07 Å². The van der Waals surface area contributed by atoms with Crippen LogP contribution in [0, 0.1) is 5.82 Å². The zero-order valence-corrected chi connectivity index (χ0v) is 12.4. The number of halogens is 1. The smallest absolute Gasteiger partial charge is 0.123 e. The van der Waals surface area contributed by atoms with Crippen LogP contribution in [0.1, 0.15) is 37.7 Å². The van der Waals surface area contributed by atoms with Gasteiger partial charge in [-0.05, 0) is 49.8 Å². The maximum absolute atomic E-state index is 13.1. The molecule has 1 saturated carbocycles. The minimum Gasteiger partial charge on any atom is -0.311 e. The SMILES string of the molecule is CC(CCS(C)=O)NC1CC(c2cccc(F)c2)C1. The van der Waals surface area contributed by atoms with Crippen LogP contribution in [0.3, 0.4) is 0 Å². The van der Waals surface area contributed by atoms with Gasteiger partial charge in [0.05, 0.1) is 0 Å². The van der Waals surface area contributed by atoms with Gasteiger partial charge < -0.3 is 5.32 Å². The summed E-state index contributed by atoms with van der Waals surface area (Å²) in [7, 11) is -0.706. The molecule has 0 saturated heterocycles. The zero-order chi connectivity index (χ0) is 13.8. The van der Waals surface area contributed by atoms with Crippen molar-refractivity contribution in [1.29, 1.82) is 0 Å². The van der Waals surface area contributed by atoms with Crippen molar-refractivity contribution in [3.05, 3.63) is 35.6 Å². The first-order valence-corrected chi connectivity index (χ1v) is 8.59. The molecule has 1 aliphatic rings. The van der Waals surface area contributed by atoms with Gasteiger partial charge in [-0.2, -0.15) is 0 Å². The molecule has 1 aliphatic carbocycles. The van der Waals surface area contributed by atoms with Gasteiger partial charge in [-0.3, -0.25) is 4.21 Å². The van der Waals surface area contributed by atoms with E-state index in [0.717, 1.165) is 30.6 Å². The third-order valence-corrected chi connectivity index (χ3v) is 4.63. The molecule has 1 fully saturated rings. The maximum atomic E-state index is 13.1. The summed E-state index contributed by atoms with van der Waals surface area (Å²) < 4.78 is 24.2. The van der Waals surface area contributed by atoms with Crippen LogP contribution in [-0.4, -0.2) is 28.3 Å². The lowest BCUT2D eigenvalue weighted by Gasteiger charge is -2.38. The van der Waals surface area contributed by atoms with Crippen LogP contribution in [0.2, 0.25) is 0 Å². The van der Waals surface area contributed by atoms with E-state index in [4.69, 9.17) is 0 Å². The normalized spacial score (nSPS) is 25.6. The summed E-state index contributed by atoms with van der Waals surface area (Å²) >= 11 is 0. The molecule has 2 atom stereocenters. The van der Waals surface area contributed by atoms with Crippen molar-refractivity contribution in [1.82, 2.24) is 5.32 Å². The average molecular weight is 283 g/mol. The molecule has 0 aliphatic heterocycles. The quantitative estimate of drug-likeness (QED) is 0.870. The van der Waals surface area contributed by atoms with Crippen LogP contribution in [0.5, 0.6) is 0 Å². The number of hydrogen-bond acceptors (Lipinski definition) is 2. The Kier molecular flexibility index (Phi) is 5.11. The molecule has 19 heavy (non-hydrogen) atoms. The minimum atomic E-state index is -0.706. The number of nitrogens with one attached hydrogen (secondary N) is 1. The third-order valence-electron chi connectivity index (χ3n) is 3.82. The van der Waals surface area contributed by atoms with Gasteiger partial charge in [0, 0.05) is 34.9 Å². The highest BCUT2D eigenvalue weighted by molar-refractivity contribution is 7.84. The molecule has 2 nitrogen and oxygen atoms in total. The van der Waals surface area contributed by atoms with Crippen molar-refractivity contribution in [2.24, 2.45) is 0 Å². The summed E-state index contributed by atoms with van der Waals surface area (Å²) in [5, 5.41) is 3.56. The molecule has 0 aromatic heterocycles. The maximum Gasteiger partial charge on any atom is 0.123 e. The summed E-state index contributed by atoms with van der Waals surface area (Å²) in [4.78, 5) is 0. The summed E-state index contributed by atoms with van der Waals surface area (Å²) in [6.45, 7) is 2.14. The fourth-order valence-electron chi connectivity index (χ4n) is 2.62. The lowest BCUT2D eigenvalue weighted by atomic mass is 9.75. The van der Waals surface area contributed by atoms with Gasteiger partial charge >= 0.3 is 0 Å². The molecule has 106 valence electrons. The van der Waals surface area contributed by atoms with Crippen molar-refractivity contribution in [2.75, 3.05) is 12.0 Å². The van der Waals surface area contributed by atoms with Crippen LogP contribution in [0.25, 0.3) is 0 Å². The van der Waals surface area contributed by atoms with Gasteiger partial charge in [-0.1, -0.05) is 12.1 Å². The van der Waals surface area contributed by atoms with Crippen molar-refractivity contribution < 1.29 is 8.60 Å². The Bertz CT molecular complexity index is 446. The Morgan fingerprint density at radius 1 is 1.47 bits per heavy atom. The molecule has 0 heterocycles. The molecule has 0 bridgehead atoms. The van der Waals surface area contributed by atoms with Crippen molar-refractivity contribution in [2.45, 2.75) is 44.2 Å². The number of benzene rings is 1. The van der Waals surface area contributed by atoms with Crippen LogP contribution in [0.15, 0.2) is 24.3 Å². The largest absolute Gasteiger partial charge is 0.311 e. The average Bonchev–Trinajstić information content (AvgIpc) is 2.30. The van der Waals surface area contributed by atoms with Gasteiger partial charge in [-0.15, -0.1) is 0 Å². The first-order valence-electron chi connectivity index (χ1n) is 6.86. The van der Waals surface area contributed by atoms with Gasteiger partial charge in [-0.25, -0.2) is 4.39 Å². The Balaban J connectivity index is 1.73. The van der Waals surface area contributed by atoms with Gasteiger partial charge in [0.25, 0.3) is 0 Å². The van der Waals surface area contributed by atoms with E-state index >= 15 is 0 Å². The second-order valence-corrected chi connectivity index (χ2v) is 7.11. The van der Waals surface area contributed by atoms with E-state index < -0.39 is 10.8 Å². The first kappa shape index (κ1) is 14.7. The van der Waals surface area contributed by atoms with Gasteiger partial charge in [0.15, 0.2) is 0 Å². The molecule has 0 spiro atoms. The Hall–Kier alpha value is -0.740. The molecule has 1 aromatic carbocycles. The number of rotatable bonds is 6. The topological polar surface area (TPSA) is 29.1 Å². The summed E-state index contributed by atoms with van der Waals surface area (Å²) in [5.41, 5.74) is 1.11. The Labute approximate surface area is 117 Å². The van der Waals surface area contributed by atoms with E-state index in [0.29, 0.717) is 18.0 Å². The second kappa shape index (κ2) is 6.62. The summed E-state index contributed by atoms with van der Waals surface area (Å²) in [6, 6.07) is 7.85. The summed E-state index contributed by atoms with van der Waals surface area (Å²) in [6.07, 6.45) is 4.84. The van der Waals surface area contributed by atoms with E-state index in [9.17, 15) is 8.60 Å². The molecular weight excluding hydrogens is 261 g/mol. The fraction of sp³-hybridized carbons (Fsp3) is 0.600. The lowest BCUT2D eigenvalue weighted by molar-refractivity contribution is 0.267. The molecule has 0 radical (unpaired) electrons. The molecule has 2 rings (SSSR count). The minimum absolute atomic E-state index is 0.146. The van der Waals surface area contributed by atoms with Gasteiger partial charge in [0.1, 0.15) is 5.82 Å². The van der Waals surface area contributed by atoms with Crippen LogP contribution in [0.4, 0.5) is 4.39 Å². The zero-order valence-electron chi connectivity index (χ0n) is 11.6. The number of hydrogen-bond donors (Lipinski definition) is 1. The van der Waals surface area contributed by atoms with Crippen LogP contribution in [-0.2, 0) is 10.8 Å². The van der Waals surface area contributed by atoms with Crippen LogP contribution < -0.4 is 5.32 Å². The molecule has 4 heteroatoms. The van der Waals surface area contributed by atoms with E-state index in [-0.39, 0.29) is 5.82 Å². The molecular formula is C15H22FNOS. The van der Waals surface area contributed by atoms with Gasteiger partial charge in [0.2, 0.25) is 0 Å². The Morgan fingerprint density at radius 2 is 2.21 bits per heavy atom. The first-order chi connectivity index (χ1) is 9.04. The van der Waals surface area contributed by atoms with E-state index in [1.54, 1.807) is 18.4 Å². The third kappa shape index (κ3) is 4.39. The van der Waals surface area contributed by atoms with Crippen molar-refractivity contribution in [3.63, 3.8) is 0 Å². The van der Waals surface area contributed by atoms with Crippen LogP contribution >= 0.6 is 0 Å². The monoisotopic (exact) mass is 283 g/mol. The van der Waals surface area contributed by atoms with E-state index in [1.165, 1.54) is 6.07 Å². The van der Waals surface area contributed by atoms with E-state index in [2.05, 4.69) is 12.2 Å². The molecule has 1 aromatic rings. The highest BCUT2D eigenvalue weighted by Crippen LogP contribution is 2.37. The van der Waals surface area contributed by atoms with Crippen molar-refractivity contribution in [3.8, 4) is 0 Å². The highest BCUT2D eigenvalue weighted by atomic mass is 32.2. The fourth-order valence-corrected chi connectivity index (χ4v) is 3.30. The Morgan fingerprint density at radius 3 is 2.84 bits per heavy atom. The summed E-state index contributed by atoms with van der Waals surface area (Å²) in [5.74, 6) is 1.10. The predicted molar refractivity (Wildman–Crippen MR) is 78.3 cm³/mol. The molecule has 2 unspecified atom stereocenters. The standard InChI is InChI=1S/C15H22FNOS/c1-11(6-7-19(2)18)17-15-9-13(10-15)12-4-3-5-14(16)8-12/h3-5,8,11,13,15,17H,6-7,9-10H2,1-2H3. The highest BCUT2D eigenvalue weighted by Gasteiger charge is 2.30. The molecule has 1 N–H and O–H groups in total.